The van der Waals surface area contributed by atoms with E-state index in [0.717, 1.165) is 0 Å². The smallest absolute Gasteiger partial charge is 0.394 e. The number of nitrogens with zero attached hydrogens (tertiary/aromatic N) is 2. The van der Waals surface area contributed by atoms with Gasteiger partial charge < -0.3 is 15.4 Å². The average molecular weight is 291 g/mol. The molecule has 0 amide bonds. The summed E-state index contributed by atoms with van der Waals surface area (Å²) in [7, 11) is 0. The van der Waals surface area contributed by atoms with Crippen molar-refractivity contribution in [1.82, 2.24) is 10.1 Å². The van der Waals surface area contributed by atoms with Crippen molar-refractivity contribution in [2.75, 3.05) is 6.61 Å². The molecular weight excluding hydrogens is 282 g/mol. The molecule has 0 spiro atoms. The molecule has 5 nitrogen and oxygen atoms in total. The maximum absolute atomic E-state index is 13.6. The number of halogens is 4. The second-order valence-electron chi connectivity index (χ2n) is 3.94. The molecule has 0 aliphatic carbocycles. The number of aromatic nitrogens is 2. The Hall–Kier alpha value is -2.00. The van der Waals surface area contributed by atoms with E-state index in [4.69, 9.17) is 10.8 Å². The number of hydrogen-bond donors (Lipinski definition) is 2. The van der Waals surface area contributed by atoms with E-state index in [0.29, 0.717) is 18.2 Å². The van der Waals surface area contributed by atoms with Crippen LogP contribution in [0.3, 0.4) is 0 Å². The van der Waals surface area contributed by atoms with E-state index in [1.165, 1.54) is 0 Å². The van der Waals surface area contributed by atoms with Crippen molar-refractivity contribution in [1.29, 1.82) is 0 Å². The molecule has 2 rings (SSSR count). The molecule has 1 atom stereocenters. The maximum atomic E-state index is 13.6. The number of aliphatic hydroxyl groups is 1. The molecule has 0 aliphatic rings. The molecule has 9 heteroatoms. The lowest BCUT2D eigenvalue weighted by Crippen LogP contribution is -2.15. The van der Waals surface area contributed by atoms with Gasteiger partial charge in [0.15, 0.2) is 5.82 Å². The molecule has 0 radical (unpaired) electrons. The van der Waals surface area contributed by atoms with Crippen molar-refractivity contribution >= 4 is 0 Å². The van der Waals surface area contributed by atoms with Crippen LogP contribution in [-0.4, -0.2) is 21.9 Å². The van der Waals surface area contributed by atoms with Gasteiger partial charge in [0, 0.05) is 0 Å². The third-order valence-electron chi connectivity index (χ3n) is 2.49. The van der Waals surface area contributed by atoms with Crippen LogP contribution in [0.1, 0.15) is 17.4 Å². The van der Waals surface area contributed by atoms with Gasteiger partial charge >= 0.3 is 6.18 Å². The molecule has 3 N–H and O–H groups in total. The molecule has 1 aromatic heterocycles. The zero-order valence-corrected chi connectivity index (χ0v) is 9.86. The van der Waals surface area contributed by atoms with Crippen molar-refractivity contribution in [3.05, 3.63) is 35.4 Å². The highest BCUT2D eigenvalue weighted by atomic mass is 19.4. The predicted molar refractivity (Wildman–Crippen MR) is 58.7 cm³/mol. The summed E-state index contributed by atoms with van der Waals surface area (Å²) in [5.74, 6) is -1.50. The van der Waals surface area contributed by atoms with Gasteiger partial charge in [-0.25, -0.2) is 4.39 Å². The van der Waals surface area contributed by atoms with Crippen molar-refractivity contribution in [2.24, 2.45) is 5.73 Å². The van der Waals surface area contributed by atoms with Gasteiger partial charge in [-0.3, -0.25) is 0 Å². The lowest BCUT2D eigenvalue weighted by atomic mass is 10.1. The standard InChI is InChI=1S/C11H9F4N3O2/c12-7-2-1-5(11(13,14)15)3-6(7)10-17-9(18-20-10)8(16)4-19/h1-3,8,19H,4,16H2. The van der Waals surface area contributed by atoms with Crippen LogP contribution in [0.25, 0.3) is 11.5 Å². The lowest BCUT2D eigenvalue weighted by molar-refractivity contribution is -0.137. The first-order valence-corrected chi connectivity index (χ1v) is 5.40. The zero-order valence-electron chi connectivity index (χ0n) is 9.86. The van der Waals surface area contributed by atoms with Crippen molar-refractivity contribution in [3.63, 3.8) is 0 Å². The number of hydrogen-bond acceptors (Lipinski definition) is 5. The van der Waals surface area contributed by atoms with Crippen LogP contribution in [0.15, 0.2) is 22.7 Å². The van der Waals surface area contributed by atoms with Crippen LogP contribution in [0.2, 0.25) is 0 Å². The van der Waals surface area contributed by atoms with Gasteiger partial charge in [-0.05, 0) is 18.2 Å². The Kier molecular flexibility index (Phi) is 3.73. The number of nitrogens with two attached hydrogens (primary N) is 1. The Balaban J connectivity index is 2.44. The van der Waals surface area contributed by atoms with Crippen molar-refractivity contribution in [3.8, 4) is 11.5 Å². The summed E-state index contributed by atoms with van der Waals surface area (Å²) in [4.78, 5) is 3.67. The minimum atomic E-state index is -4.62. The van der Waals surface area contributed by atoms with Gasteiger partial charge in [-0.2, -0.15) is 18.2 Å². The summed E-state index contributed by atoms with van der Waals surface area (Å²) in [5, 5.41) is 12.2. The fourth-order valence-corrected chi connectivity index (χ4v) is 1.44. The van der Waals surface area contributed by atoms with Gasteiger partial charge in [0.25, 0.3) is 5.89 Å². The maximum Gasteiger partial charge on any atom is 0.416 e. The molecule has 108 valence electrons. The minimum Gasteiger partial charge on any atom is -0.394 e. The summed E-state index contributed by atoms with van der Waals surface area (Å²) in [6.45, 7) is -0.482. The first-order valence-electron chi connectivity index (χ1n) is 5.40. The largest absolute Gasteiger partial charge is 0.416 e. The number of rotatable bonds is 3. The highest BCUT2D eigenvalue weighted by Gasteiger charge is 2.32. The van der Waals surface area contributed by atoms with Crippen LogP contribution in [-0.2, 0) is 6.18 Å². The summed E-state index contributed by atoms with van der Waals surface area (Å²) < 4.78 is 55.9. The molecule has 0 saturated heterocycles. The normalized spacial score (nSPS) is 13.5. The monoisotopic (exact) mass is 291 g/mol. The fraction of sp³-hybridized carbons (Fsp3) is 0.273. The Morgan fingerprint density at radius 2 is 2.05 bits per heavy atom. The lowest BCUT2D eigenvalue weighted by Gasteiger charge is -2.07. The quantitative estimate of drug-likeness (QED) is 0.843. The Morgan fingerprint density at radius 1 is 1.35 bits per heavy atom. The molecule has 1 aromatic carbocycles. The first-order chi connectivity index (χ1) is 9.32. The van der Waals surface area contributed by atoms with E-state index in [2.05, 4.69) is 14.7 Å². The Labute approximate surface area is 110 Å². The van der Waals surface area contributed by atoms with E-state index in [9.17, 15) is 17.6 Å². The molecule has 20 heavy (non-hydrogen) atoms. The summed E-state index contributed by atoms with van der Waals surface area (Å²) >= 11 is 0. The van der Waals surface area contributed by atoms with E-state index >= 15 is 0 Å². The van der Waals surface area contributed by atoms with Crippen LogP contribution < -0.4 is 5.73 Å². The van der Waals surface area contributed by atoms with Gasteiger partial charge in [-0.15, -0.1) is 0 Å². The first kappa shape index (κ1) is 14.4. The fourth-order valence-electron chi connectivity index (χ4n) is 1.44. The molecule has 0 fully saturated rings. The van der Waals surface area contributed by atoms with Gasteiger partial charge in [0.05, 0.1) is 23.8 Å². The highest BCUT2D eigenvalue weighted by molar-refractivity contribution is 5.55. The molecular formula is C11H9F4N3O2. The third kappa shape index (κ3) is 2.78. The molecule has 0 saturated carbocycles. The average Bonchev–Trinajstić information content (AvgIpc) is 2.86. The predicted octanol–water partition coefficient (Wildman–Crippen LogP) is 1.89. The van der Waals surface area contributed by atoms with E-state index < -0.39 is 41.7 Å². The summed E-state index contributed by atoms with van der Waals surface area (Å²) in [6.07, 6.45) is -4.62. The topological polar surface area (TPSA) is 85.2 Å². The highest BCUT2D eigenvalue weighted by Crippen LogP contribution is 2.33. The molecule has 0 bridgehead atoms. The Morgan fingerprint density at radius 3 is 2.65 bits per heavy atom. The second kappa shape index (κ2) is 5.17. The Bertz CT molecular complexity index is 612. The van der Waals surface area contributed by atoms with Crippen molar-refractivity contribution in [2.45, 2.75) is 12.2 Å². The number of aliphatic hydroxyl groups excluding tert-OH is 1. The second-order valence-corrected chi connectivity index (χ2v) is 3.94. The van der Waals surface area contributed by atoms with Crippen LogP contribution in [0.5, 0.6) is 0 Å². The number of alkyl halides is 3. The van der Waals surface area contributed by atoms with Crippen LogP contribution in [0.4, 0.5) is 17.6 Å². The molecule has 1 unspecified atom stereocenters. The molecule has 0 aliphatic heterocycles. The van der Waals surface area contributed by atoms with Gasteiger partial charge in [0.1, 0.15) is 5.82 Å². The van der Waals surface area contributed by atoms with Gasteiger partial charge in [0.2, 0.25) is 0 Å². The van der Waals surface area contributed by atoms with Gasteiger partial charge in [-0.1, -0.05) is 5.16 Å². The minimum absolute atomic E-state index is 0.126. The van der Waals surface area contributed by atoms with E-state index in [1.54, 1.807) is 0 Å². The summed E-state index contributed by atoms with van der Waals surface area (Å²) in [5.41, 5.74) is 3.89. The SMILES string of the molecule is NC(CO)c1noc(-c2cc(C(F)(F)F)ccc2F)n1. The van der Waals surface area contributed by atoms with E-state index in [1.807, 2.05) is 0 Å². The van der Waals surface area contributed by atoms with Crippen molar-refractivity contribution < 1.29 is 27.2 Å². The summed E-state index contributed by atoms with van der Waals surface area (Å²) in [6, 6.07) is 0.877. The van der Waals surface area contributed by atoms with E-state index in [-0.39, 0.29) is 5.82 Å². The molecule has 2 aromatic rings. The molecule has 1 heterocycles. The van der Waals surface area contributed by atoms with Crippen LogP contribution >= 0.6 is 0 Å². The van der Waals surface area contributed by atoms with Crippen LogP contribution in [0, 0.1) is 5.82 Å². The zero-order chi connectivity index (χ0) is 14.9. The number of benzene rings is 1. The third-order valence-corrected chi connectivity index (χ3v) is 2.49.